The van der Waals surface area contributed by atoms with Gasteiger partial charge in [-0.2, -0.15) is 0 Å². The quantitative estimate of drug-likeness (QED) is 0.234. The number of carboxylic acids is 1. The molecule has 3 N–H and O–H groups in total. The van der Waals surface area contributed by atoms with Gasteiger partial charge in [-0.1, -0.05) is 0 Å². The van der Waals surface area contributed by atoms with Crippen LogP contribution < -0.4 is 0 Å². The molecular weight excluding hydrogens is 471 g/mol. The molecule has 0 aliphatic heterocycles. The van der Waals surface area contributed by atoms with Crippen molar-refractivity contribution in [1.82, 2.24) is 0 Å². The monoisotopic (exact) mass is 498 g/mol. The van der Waals surface area contributed by atoms with Crippen molar-refractivity contribution in [2.24, 2.45) is 17.8 Å². The number of halogens is 1. The van der Waals surface area contributed by atoms with E-state index in [0.29, 0.717) is 18.6 Å². The van der Waals surface area contributed by atoms with Crippen LogP contribution in [0.5, 0.6) is 0 Å². The molecule has 29 heavy (non-hydrogen) atoms. The third-order valence-corrected chi connectivity index (χ3v) is 7.81. The van der Waals surface area contributed by atoms with E-state index in [0.717, 1.165) is 17.3 Å². The molecule has 0 amide bonds. The SMILES string of the molecule is B=C[C@@H]1CC(O)[C@H](C/C=C\CSCC(=O)O)[C@H]1/C=C/[C@@H](O)CCc1cc(Br)cs1. The van der Waals surface area contributed by atoms with E-state index in [1.165, 1.54) is 16.6 Å². The van der Waals surface area contributed by atoms with Crippen molar-refractivity contribution in [3.8, 4) is 0 Å². The van der Waals surface area contributed by atoms with Crippen LogP contribution in [0.4, 0.5) is 0 Å². The van der Waals surface area contributed by atoms with Gasteiger partial charge in [0.1, 0.15) is 0 Å². The Bertz CT molecular complexity index is 721. The van der Waals surface area contributed by atoms with Crippen molar-refractivity contribution in [3.63, 3.8) is 0 Å². The maximum atomic E-state index is 10.5. The summed E-state index contributed by atoms with van der Waals surface area (Å²) in [6, 6.07) is 2.08. The van der Waals surface area contributed by atoms with E-state index in [1.807, 2.05) is 29.6 Å². The van der Waals surface area contributed by atoms with Gasteiger partial charge in [-0.25, -0.2) is 0 Å². The van der Waals surface area contributed by atoms with E-state index in [-0.39, 0.29) is 23.5 Å². The van der Waals surface area contributed by atoms with E-state index in [1.54, 1.807) is 11.3 Å². The van der Waals surface area contributed by atoms with E-state index in [9.17, 15) is 15.0 Å². The van der Waals surface area contributed by atoms with Gasteiger partial charge in [0.2, 0.25) is 0 Å². The first kappa shape index (κ1) is 24.6. The molecule has 1 aromatic rings. The Morgan fingerprint density at radius 2 is 2.24 bits per heavy atom. The molecule has 1 aliphatic rings. The Morgan fingerprint density at radius 1 is 1.45 bits per heavy atom. The van der Waals surface area contributed by atoms with Crippen molar-refractivity contribution < 1.29 is 20.1 Å². The van der Waals surface area contributed by atoms with Gasteiger partial charge in [0.15, 0.2) is 0 Å². The van der Waals surface area contributed by atoms with Gasteiger partial charge in [-0.3, -0.25) is 0 Å². The molecular formula is C21H28BBrO4S2. The van der Waals surface area contributed by atoms with Crippen LogP contribution in [0.3, 0.4) is 0 Å². The fraction of sp³-hybridized carbons (Fsp3) is 0.524. The second-order valence-corrected chi connectivity index (χ2v) is 10.2. The molecule has 8 heteroatoms. The molecule has 0 radical (unpaired) electrons. The first-order valence-corrected chi connectivity index (χ1v) is 12.6. The minimum absolute atomic E-state index is 0.0791. The van der Waals surface area contributed by atoms with Crippen LogP contribution in [-0.4, -0.2) is 58.5 Å². The molecule has 1 heterocycles. The van der Waals surface area contributed by atoms with E-state index in [4.69, 9.17) is 5.11 Å². The summed E-state index contributed by atoms with van der Waals surface area (Å²) < 4.78 is 1.08. The summed E-state index contributed by atoms with van der Waals surface area (Å²) in [4.78, 5) is 11.8. The number of hydrogen-bond acceptors (Lipinski definition) is 5. The zero-order chi connectivity index (χ0) is 21.2. The number of aliphatic hydroxyl groups is 2. The number of hydrogen-bond donors (Lipinski definition) is 3. The molecule has 1 aliphatic carbocycles. The molecule has 1 unspecified atom stereocenters. The van der Waals surface area contributed by atoms with Crippen LogP contribution in [0, 0.1) is 17.8 Å². The van der Waals surface area contributed by atoms with E-state index in [2.05, 4.69) is 35.6 Å². The number of thioether (sulfide) groups is 1. The Hall–Kier alpha value is -0.665. The number of thiophene rings is 1. The van der Waals surface area contributed by atoms with Gasteiger partial charge >= 0.3 is 191 Å². The molecule has 0 bridgehead atoms. The Kier molecular flexibility index (Phi) is 10.9. The third-order valence-electron chi connectivity index (χ3n) is 5.18. The fourth-order valence-electron chi connectivity index (χ4n) is 3.70. The number of aryl methyl sites for hydroxylation is 1. The average Bonchev–Trinajstić information content (AvgIpc) is 3.23. The topological polar surface area (TPSA) is 77.8 Å². The second kappa shape index (κ2) is 12.9. The van der Waals surface area contributed by atoms with Crippen molar-refractivity contribution in [2.75, 3.05) is 11.5 Å². The summed E-state index contributed by atoms with van der Waals surface area (Å²) in [6.45, 7) is 0. The van der Waals surface area contributed by atoms with Gasteiger partial charge in [0.25, 0.3) is 0 Å². The number of carbonyl (C=O) groups is 1. The fourth-order valence-corrected chi connectivity index (χ4v) is 5.74. The molecule has 1 aromatic heterocycles. The zero-order valence-electron chi connectivity index (χ0n) is 16.3. The molecule has 0 saturated heterocycles. The normalized spacial score (nSPS) is 25.7. The summed E-state index contributed by atoms with van der Waals surface area (Å²) in [7, 11) is 3.92. The zero-order valence-corrected chi connectivity index (χ0v) is 19.5. The number of carboxylic acid groups (broad SMARTS) is 1. The van der Waals surface area contributed by atoms with Crippen LogP contribution >= 0.6 is 39.0 Å². The van der Waals surface area contributed by atoms with Gasteiger partial charge in [0, 0.05) is 0 Å². The standard InChI is InChI=1S/C21H28BBrO4S2/c22-11-14-9-20(25)19(3-1-2-8-28-13-21(26)27)18(14)7-5-16(24)4-6-17-10-15(23)12-29-17/h1-2,5,7,10-12,14,16,18-20,22,24-25H,3-4,6,8-9,13H2,(H,26,27)/b2-1-,7-5+/t14-,16-,18-,19+,20?/m0/s1. The summed E-state index contributed by atoms with van der Waals surface area (Å²) in [5.41, 5.74) is 0. The Labute approximate surface area is 190 Å². The molecule has 4 nitrogen and oxygen atoms in total. The number of aliphatic hydroxyl groups excluding tert-OH is 2. The van der Waals surface area contributed by atoms with Crippen molar-refractivity contribution in [3.05, 3.63) is 45.1 Å². The predicted molar refractivity (Wildman–Crippen MR) is 129 cm³/mol. The molecule has 1 fully saturated rings. The number of aliphatic carboxylic acids is 1. The molecule has 0 aromatic carbocycles. The summed E-state index contributed by atoms with van der Waals surface area (Å²) in [6.07, 6.45) is 9.92. The Balaban J connectivity index is 1.87. The maximum absolute atomic E-state index is 10.5. The van der Waals surface area contributed by atoms with Crippen LogP contribution in [0.25, 0.3) is 0 Å². The molecule has 0 spiro atoms. The third kappa shape index (κ3) is 8.54. The van der Waals surface area contributed by atoms with Crippen LogP contribution in [0.15, 0.2) is 40.2 Å². The molecule has 158 valence electrons. The van der Waals surface area contributed by atoms with E-state index >= 15 is 0 Å². The van der Waals surface area contributed by atoms with Crippen LogP contribution in [-0.2, 0) is 11.2 Å². The molecule has 1 saturated carbocycles. The van der Waals surface area contributed by atoms with Crippen LogP contribution in [0.2, 0.25) is 0 Å². The van der Waals surface area contributed by atoms with Crippen molar-refractivity contribution in [1.29, 1.82) is 0 Å². The first-order valence-electron chi connectivity index (χ1n) is 9.75. The summed E-state index contributed by atoms with van der Waals surface area (Å²) in [5, 5.41) is 31.6. The summed E-state index contributed by atoms with van der Waals surface area (Å²) in [5.74, 6) is 2.26. The summed E-state index contributed by atoms with van der Waals surface area (Å²) >= 11 is 6.49. The number of rotatable bonds is 12. The van der Waals surface area contributed by atoms with Gasteiger partial charge in [-0.05, 0) is 0 Å². The first-order chi connectivity index (χ1) is 13.9. The van der Waals surface area contributed by atoms with Gasteiger partial charge in [-0.15, -0.1) is 0 Å². The van der Waals surface area contributed by atoms with Gasteiger partial charge < -0.3 is 0 Å². The molecule has 2 rings (SSSR count). The number of allylic oxidation sites excluding steroid dienone is 2. The van der Waals surface area contributed by atoms with Crippen LogP contribution in [0.1, 0.15) is 24.1 Å². The van der Waals surface area contributed by atoms with E-state index < -0.39 is 18.2 Å². The second-order valence-electron chi connectivity index (χ2n) is 7.28. The average molecular weight is 499 g/mol. The van der Waals surface area contributed by atoms with Gasteiger partial charge in [0.05, 0.1) is 0 Å². The Morgan fingerprint density at radius 3 is 2.90 bits per heavy atom. The minimum atomic E-state index is -0.807. The molecule has 5 atom stereocenters. The predicted octanol–water partition coefficient (Wildman–Crippen LogP) is 3.44. The van der Waals surface area contributed by atoms with Crippen molar-refractivity contribution in [2.45, 2.75) is 37.9 Å². The van der Waals surface area contributed by atoms with Crippen molar-refractivity contribution >= 4 is 58.5 Å².